The number of sulfone groups is 1. The van der Waals surface area contributed by atoms with Crippen molar-refractivity contribution in [2.45, 2.75) is 29.4 Å². The van der Waals surface area contributed by atoms with Gasteiger partial charge in [-0.15, -0.1) is 0 Å². The molecule has 0 spiro atoms. The summed E-state index contributed by atoms with van der Waals surface area (Å²) in [6, 6.07) is 15.4. The monoisotopic (exact) mass is 447 g/mol. The lowest BCUT2D eigenvalue weighted by Crippen LogP contribution is -2.55. The normalized spacial score (nSPS) is 16.6. The number of methoxy groups -OCH3 is 1. The molecule has 0 radical (unpaired) electrons. The lowest BCUT2D eigenvalue weighted by molar-refractivity contribution is -0.147. The maximum absolute atomic E-state index is 13.6. The summed E-state index contributed by atoms with van der Waals surface area (Å²) in [6.07, 6.45) is 0.361. The van der Waals surface area contributed by atoms with Crippen LogP contribution >= 0.6 is 0 Å². The van der Waals surface area contributed by atoms with Crippen LogP contribution in [0, 0.1) is 0 Å². The molecule has 0 atom stereocenters. The molecule has 7 nitrogen and oxygen atoms in total. The smallest absolute Gasteiger partial charge is 0.327 e. The molecule has 0 N–H and O–H groups in total. The minimum atomic E-state index is -3.97. The summed E-state index contributed by atoms with van der Waals surface area (Å²) in [7, 11) is -2.34. The van der Waals surface area contributed by atoms with Gasteiger partial charge in [0.15, 0.2) is 14.6 Å². The Labute approximate surface area is 183 Å². The summed E-state index contributed by atoms with van der Waals surface area (Å²) in [5, 5.41) is 0. The number of carbonyl (C=O) groups is 1. The topological polar surface area (TPSA) is 82.1 Å². The molecule has 0 unspecified atom stereocenters. The number of carbonyl (C=O) groups excluding carboxylic acids is 1. The van der Waals surface area contributed by atoms with Gasteiger partial charge in [-0.1, -0.05) is 18.2 Å². The summed E-state index contributed by atoms with van der Waals surface area (Å²) in [4.78, 5) is 15.1. The Morgan fingerprint density at radius 1 is 1.00 bits per heavy atom. The van der Waals surface area contributed by atoms with Crippen molar-refractivity contribution in [3.05, 3.63) is 54.6 Å². The number of rotatable bonds is 9. The molecule has 1 fully saturated rings. The molecule has 1 aliphatic rings. The van der Waals surface area contributed by atoms with E-state index in [9.17, 15) is 13.2 Å². The zero-order chi connectivity index (χ0) is 22.3. The zero-order valence-electron chi connectivity index (χ0n) is 18.0. The SMILES string of the molecule is CCOC(=O)C1(S(=O)(=O)c2ccc(Oc3ccccc3)cc2)CCN(CCOC)CC1. The number of hydrogen-bond donors (Lipinski definition) is 0. The molecular formula is C23H29NO6S. The van der Waals surface area contributed by atoms with Crippen LogP contribution in [0.25, 0.3) is 0 Å². The van der Waals surface area contributed by atoms with Crippen molar-refractivity contribution in [3.63, 3.8) is 0 Å². The third kappa shape index (κ3) is 5.08. The molecule has 0 amide bonds. The van der Waals surface area contributed by atoms with Gasteiger partial charge < -0.3 is 19.1 Å². The van der Waals surface area contributed by atoms with E-state index >= 15 is 0 Å². The lowest BCUT2D eigenvalue weighted by Gasteiger charge is -2.39. The largest absolute Gasteiger partial charge is 0.465 e. The number of nitrogens with zero attached hydrogens (tertiary/aromatic N) is 1. The Hall–Kier alpha value is -2.42. The van der Waals surface area contributed by atoms with Gasteiger partial charge in [0, 0.05) is 26.7 Å². The molecule has 0 bridgehead atoms. The molecule has 8 heteroatoms. The summed E-state index contributed by atoms with van der Waals surface area (Å²) in [5.41, 5.74) is 0. The average Bonchev–Trinajstić information content (AvgIpc) is 2.79. The quantitative estimate of drug-likeness (QED) is 0.546. The van der Waals surface area contributed by atoms with Crippen molar-refractivity contribution >= 4 is 15.8 Å². The van der Waals surface area contributed by atoms with E-state index in [0.29, 0.717) is 37.7 Å². The molecule has 3 rings (SSSR count). The van der Waals surface area contributed by atoms with Gasteiger partial charge in [-0.05, 0) is 56.2 Å². The average molecular weight is 448 g/mol. The molecule has 0 saturated carbocycles. The maximum Gasteiger partial charge on any atom is 0.327 e. The molecular weight excluding hydrogens is 418 g/mol. The molecule has 1 heterocycles. The highest BCUT2D eigenvalue weighted by atomic mass is 32.2. The number of benzene rings is 2. The van der Waals surface area contributed by atoms with Gasteiger partial charge in [0.2, 0.25) is 0 Å². The first kappa shape index (κ1) is 23.2. The van der Waals surface area contributed by atoms with Crippen LogP contribution in [-0.4, -0.2) is 64.0 Å². The third-order valence-electron chi connectivity index (χ3n) is 5.55. The first-order valence-electron chi connectivity index (χ1n) is 10.4. The highest BCUT2D eigenvalue weighted by Crippen LogP contribution is 2.37. The van der Waals surface area contributed by atoms with E-state index in [1.165, 1.54) is 12.1 Å². The Balaban J connectivity index is 1.84. The summed E-state index contributed by atoms with van der Waals surface area (Å²) >= 11 is 0. The van der Waals surface area contributed by atoms with Gasteiger partial charge in [-0.25, -0.2) is 8.42 Å². The van der Waals surface area contributed by atoms with Gasteiger partial charge in [0.05, 0.1) is 18.1 Å². The highest BCUT2D eigenvalue weighted by Gasteiger charge is 2.54. The Morgan fingerprint density at radius 2 is 1.61 bits per heavy atom. The number of ether oxygens (including phenoxy) is 3. The van der Waals surface area contributed by atoms with Gasteiger partial charge in [-0.3, -0.25) is 4.79 Å². The number of likely N-dealkylation sites (tertiary alicyclic amines) is 1. The van der Waals surface area contributed by atoms with Crippen LogP contribution in [0.2, 0.25) is 0 Å². The van der Waals surface area contributed by atoms with E-state index in [4.69, 9.17) is 14.2 Å². The van der Waals surface area contributed by atoms with Crippen LogP contribution in [-0.2, 0) is 24.1 Å². The van der Waals surface area contributed by atoms with E-state index in [1.807, 2.05) is 30.3 Å². The van der Waals surface area contributed by atoms with Crippen LogP contribution in [0.4, 0.5) is 0 Å². The van der Waals surface area contributed by atoms with Crippen LogP contribution in [0.3, 0.4) is 0 Å². The van der Waals surface area contributed by atoms with E-state index in [1.54, 1.807) is 26.2 Å². The highest BCUT2D eigenvalue weighted by molar-refractivity contribution is 7.93. The fourth-order valence-corrected chi connectivity index (χ4v) is 5.68. The van der Waals surface area contributed by atoms with Crippen molar-refractivity contribution in [1.82, 2.24) is 4.90 Å². The number of esters is 1. The first-order chi connectivity index (χ1) is 14.9. The fraction of sp³-hybridized carbons (Fsp3) is 0.435. The lowest BCUT2D eigenvalue weighted by atomic mass is 9.95. The van der Waals surface area contributed by atoms with Gasteiger partial charge in [-0.2, -0.15) is 0 Å². The van der Waals surface area contributed by atoms with Gasteiger partial charge >= 0.3 is 5.97 Å². The number of hydrogen-bond acceptors (Lipinski definition) is 7. The first-order valence-corrected chi connectivity index (χ1v) is 11.9. The van der Waals surface area contributed by atoms with Crippen LogP contribution < -0.4 is 4.74 Å². The van der Waals surface area contributed by atoms with Crippen LogP contribution in [0.15, 0.2) is 59.5 Å². The molecule has 0 aliphatic carbocycles. The van der Waals surface area contributed by atoms with Crippen molar-refractivity contribution in [3.8, 4) is 11.5 Å². The van der Waals surface area contributed by atoms with E-state index < -0.39 is 20.6 Å². The van der Waals surface area contributed by atoms with E-state index in [-0.39, 0.29) is 24.3 Å². The summed E-state index contributed by atoms with van der Waals surface area (Å²) < 4.78 is 41.8. The zero-order valence-corrected chi connectivity index (χ0v) is 18.8. The minimum absolute atomic E-state index is 0.0892. The molecule has 31 heavy (non-hydrogen) atoms. The predicted molar refractivity (Wildman–Crippen MR) is 117 cm³/mol. The standard InChI is InChI=1S/C23H29NO6S/c1-3-29-22(25)23(13-15-24(16-14-23)17-18-28-2)31(26,27)21-11-9-20(10-12-21)30-19-7-5-4-6-8-19/h4-12H,3,13-18H2,1-2H3. The Bertz CT molecular complexity index is 951. The summed E-state index contributed by atoms with van der Waals surface area (Å²) in [6.45, 7) is 4.03. The third-order valence-corrected chi connectivity index (χ3v) is 8.05. The van der Waals surface area contributed by atoms with E-state index in [2.05, 4.69) is 4.90 Å². The number of para-hydroxylation sites is 1. The molecule has 168 valence electrons. The van der Waals surface area contributed by atoms with Crippen molar-refractivity contribution in [2.75, 3.05) is 40.0 Å². The van der Waals surface area contributed by atoms with Gasteiger partial charge in [0.1, 0.15) is 11.5 Å². The van der Waals surface area contributed by atoms with E-state index in [0.717, 1.165) is 0 Å². The molecule has 1 aliphatic heterocycles. The molecule has 1 saturated heterocycles. The predicted octanol–water partition coefficient (Wildman–Crippen LogP) is 3.30. The van der Waals surface area contributed by atoms with Crippen LogP contribution in [0.1, 0.15) is 19.8 Å². The van der Waals surface area contributed by atoms with Crippen molar-refractivity contribution < 1.29 is 27.4 Å². The minimum Gasteiger partial charge on any atom is -0.465 e. The van der Waals surface area contributed by atoms with Crippen molar-refractivity contribution in [1.29, 1.82) is 0 Å². The summed E-state index contributed by atoms with van der Waals surface area (Å²) in [5.74, 6) is 0.500. The molecule has 2 aromatic carbocycles. The second-order valence-electron chi connectivity index (χ2n) is 7.44. The Morgan fingerprint density at radius 3 is 2.19 bits per heavy atom. The van der Waals surface area contributed by atoms with Gasteiger partial charge in [0.25, 0.3) is 0 Å². The fourth-order valence-electron chi connectivity index (χ4n) is 3.74. The second kappa shape index (κ2) is 10.3. The number of piperidine rings is 1. The molecule has 2 aromatic rings. The Kier molecular flexibility index (Phi) is 7.69. The molecule has 0 aromatic heterocycles. The van der Waals surface area contributed by atoms with Crippen LogP contribution in [0.5, 0.6) is 11.5 Å². The van der Waals surface area contributed by atoms with Crippen molar-refractivity contribution in [2.24, 2.45) is 0 Å². The maximum atomic E-state index is 13.6. The second-order valence-corrected chi connectivity index (χ2v) is 9.70.